The lowest BCUT2D eigenvalue weighted by Gasteiger charge is -1.88. The maximum absolute atomic E-state index is 9.33. The molecule has 3 aromatic rings. The molecule has 80 valence electrons. The summed E-state index contributed by atoms with van der Waals surface area (Å²) >= 11 is 0. The molecule has 0 bridgehead atoms. The maximum Gasteiger partial charge on any atom is 0.202 e. The van der Waals surface area contributed by atoms with Crippen molar-refractivity contribution in [3.8, 4) is 17.3 Å². The van der Waals surface area contributed by atoms with Crippen LogP contribution in [0.5, 0.6) is 5.75 Å². The van der Waals surface area contributed by atoms with Crippen LogP contribution in [0.4, 0.5) is 0 Å². The highest BCUT2D eigenvalue weighted by Gasteiger charge is 2.09. The van der Waals surface area contributed by atoms with Gasteiger partial charge in [-0.25, -0.2) is 4.98 Å². The minimum absolute atomic E-state index is 0.205. The van der Waals surface area contributed by atoms with Crippen LogP contribution in [-0.4, -0.2) is 20.2 Å². The van der Waals surface area contributed by atoms with Gasteiger partial charge in [0, 0.05) is 12.1 Å². The van der Waals surface area contributed by atoms with Crippen molar-refractivity contribution in [2.24, 2.45) is 0 Å². The van der Waals surface area contributed by atoms with Gasteiger partial charge < -0.3 is 14.6 Å². The minimum Gasteiger partial charge on any atom is -0.508 e. The molecule has 0 spiro atoms. The Morgan fingerprint density at radius 3 is 2.94 bits per heavy atom. The molecular weight excluding hydrogens is 206 g/mol. The predicted octanol–water partition coefficient (Wildman–Crippen LogP) is 2.23. The molecule has 5 heteroatoms. The number of aromatic amines is 1. The van der Waals surface area contributed by atoms with Crippen LogP contribution >= 0.6 is 0 Å². The average Bonchev–Trinajstić information content (AvgIpc) is 2.83. The standard InChI is InChI=1S/C11H9N3O2/c1-6-4-10(16-14-6)11-12-8-3-2-7(15)5-9(8)13-11/h2-5,15H,1H3,(H,12,13). The van der Waals surface area contributed by atoms with Crippen molar-refractivity contribution in [2.75, 3.05) is 0 Å². The second kappa shape index (κ2) is 3.10. The summed E-state index contributed by atoms with van der Waals surface area (Å²) in [5.74, 6) is 1.41. The quantitative estimate of drug-likeness (QED) is 0.652. The molecule has 0 aliphatic rings. The number of fused-ring (bicyclic) bond motifs is 1. The Kier molecular flexibility index (Phi) is 1.73. The fraction of sp³-hybridized carbons (Fsp3) is 0.0909. The van der Waals surface area contributed by atoms with Crippen molar-refractivity contribution in [1.29, 1.82) is 0 Å². The summed E-state index contributed by atoms with van der Waals surface area (Å²) in [5.41, 5.74) is 2.35. The van der Waals surface area contributed by atoms with E-state index in [-0.39, 0.29) is 5.75 Å². The van der Waals surface area contributed by atoms with Gasteiger partial charge in [0.2, 0.25) is 5.76 Å². The third-order valence-corrected chi connectivity index (χ3v) is 2.33. The van der Waals surface area contributed by atoms with E-state index < -0.39 is 0 Å². The molecule has 0 saturated heterocycles. The number of imidazole rings is 1. The first-order chi connectivity index (χ1) is 7.72. The summed E-state index contributed by atoms with van der Waals surface area (Å²) in [7, 11) is 0. The van der Waals surface area contributed by atoms with Crippen LogP contribution in [0.3, 0.4) is 0 Å². The highest BCUT2D eigenvalue weighted by molar-refractivity contribution is 5.79. The molecule has 0 radical (unpaired) electrons. The van der Waals surface area contributed by atoms with E-state index in [1.165, 1.54) is 0 Å². The van der Waals surface area contributed by atoms with E-state index in [2.05, 4.69) is 15.1 Å². The number of hydrogen-bond donors (Lipinski definition) is 2. The van der Waals surface area contributed by atoms with Crippen molar-refractivity contribution in [1.82, 2.24) is 15.1 Å². The zero-order valence-corrected chi connectivity index (χ0v) is 8.56. The lowest BCUT2D eigenvalue weighted by atomic mass is 10.3. The number of aromatic nitrogens is 3. The van der Waals surface area contributed by atoms with Crippen LogP contribution in [0.1, 0.15) is 5.69 Å². The molecule has 5 nitrogen and oxygen atoms in total. The molecule has 0 atom stereocenters. The van der Waals surface area contributed by atoms with Crippen LogP contribution in [0, 0.1) is 6.92 Å². The van der Waals surface area contributed by atoms with Crippen molar-refractivity contribution >= 4 is 11.0 Å². The fourth-order valence-electron chi connectivity index (χ4n) is 1.59. The maximum atomic E-state index is 9.33. The Labute approximate surface area is 90.7 Å². The molecule has 0 amide bonds. The second-order valence-corrected chi connectivity index (χ2v) is 3.62. The summed E-state index contributed by atoms with van der Waals surface area (Å²) < 4.78 is 5.10. The van der Waals surface area contributed by atoms with Gasteiger partial charge in [0.05, 0.1) is 16.7 Å². The molecule has 2 heterocycles. The molecule has 1 aromatic carbocycles. The Morgan fingerprint density at radius 2 is 2.19 bits per heavy atom. The SMILES string of the molecule is Cc1cc(-c2nc3ccc(O)cc3[nH]2)on1. The van der Waals surface area contributed by atoms with E-state index in [0.29, 0.717) is 11.6 Å². The Morgan fingerprint density at radius 1 is 1.31 bits per heavy atom. The average molecular weight is 215 g/mol. The Balaban J connectivity index is 2.18. The van der Waals surface area contributed by atoms with Gasteiger partial charge in [0.25, 0.3) is 0 Å². The van der Waals surface area contributed by atoms with Gasteiger partial charge in [-0.15, -0.1) is 0 Å². The smallest absolute Gasteiger partial charge is 0.202 e. The van der Waals surface area contributed by atoms with Gasteiger partial charge in [-0.3, -0.25) is 0 Å². The first-order valence-electron chi connectivity index (χ1n) is 4.85. The van der Waals surface area contributed by atoms with Crippen LogP contribution in [-0.2, 0) is 0 Å². The predicted molar refractivity (Wildman–Crippen MR) is 58.0 cm³/mol. The van der Waals surface area contributed by atoms with Gasteiger partial charge >= 0.3 is 0 Å². The van der Waals surface area contributed by atoms with Crippen molar-refractivity contribution in [3.05, 3.63) is 30.0 Å². The molecule has 16 heavy (non-hydrogen) atoms. The normalized spacial score (nSPS) is 11.1. The van der Waals surface area contributed by atoms with Gasteiger partial charge in [0.15, 0.2) is 5.82 Å². The van der Waals surface area contributed by atoms with E-state index in [9.17, 15) is 5.11 Å². The first kappa shape index (κ1) is 8.96. The van der Waals surface area contributed by atoms with Crippen molar-refractivity contribution < 1.29 is 9.63 Å². The second-order valence-electron chi connectivity index (χ2n) is 3.62. The molecule has 3 rings (SSSR count). The highest BCUT2D eigenvalue weighted by Crippen LogP contribution is 2.23. The van der Waals surface area contributed by atoms with Crippen molar-refractivity contribution in [2.45, 2.75) is 6.92 Å². The third-order valence-electron chi connectivity index (χ3n) is 2.33. The zero-order valence-electron chi connectivity index (χ0n) is 8.56. The number of hydrogen-bond acceptors (Lipinski definition) is 4. The molecule has 0 fully saturated rings. The Hall–Kier alpha value is -2.30. The zero-order chi connectivity index (χ0) is 11.1. The van der Waals surface area contributed by atoms with E-state index in [1.54, 1.807) is 24.3 Å². The number of phenolic OH excluding ortho intramolecular Hbond substituents is 1. The number of aryl methyl sites for hydroxylation is 1. The summed E-state index contributed by atoms with van der Waals surface area (Å²) in [6.07, 6.45) is 0. The van der Waals surface area contributed by atoms with E-state index in [0.717, 1.165) is 16.7 Å². The number of phenols is 1. The van der Waals surface area contributed by atoms with E-state index in [1.807, 2.05) is 6.92 Å². The minimum atomic E-state index is 0.205. The largest absolute Gasteiger partial charge is 0.508 e. The van der Waals surface area contributed by atoms with Crippen LogP contribution in [0.25, 0.3) is 22.6 Å². The first-order valence-corrected chi connectivity index (χ1v) is 4.85. The van der Waals surface area contributed by atoms with Crippen molar-refractivity contribution in [3.63, 3.8) is 0 Å². The Bertz CT molecular complexity index is 654. The van der Waals surface area contributed by atoms with Gasteiger partial charge in [-0.1, -0.05) is 5.16 Å². The summed E-state index contributed by atoms with van der Waals surface area (Å²) in [6.45, 7) is 1.85. The molecule has 0 unspecified atom stereocenters. The van der Waals surface area contributed by atoms with Crippen LogP contribution in [0.15, 0.2) is 28.8 Å². The van der Waals surface area contributed by atoms with Gasteiger partial charge in [-0.2, -0.15) is 0 Å². The third kappa shape index (κ3) is 1.33. The molecule has 0 aliphatic heterocycles. The van der Waals surface area contributed by atoms with E-state index in [4.69, 9.17) is 4.52 Å². The number of aromatic hydroxyl groups is 1. The summed E-state index contributed by atoms with van der Waals surface area (Å²) in [6, 6.07) is 6.76. The van der Waals surface area contributed by atoms with Crippen LogP contribution < -0.4 is 0 Å². The van der Waals surface area contributed by atoms with E-state index >= 15 is 0 Å². The molecule has 0 saturated carbocycles. The topological polar surface area (TPSA) is 74.9 Å². The van der Waals surface area contributed by atoms with Crippen LogP contribution in [0.2, 0.25) is 0 Å². The number of nitrogens with zero attached hydrogens (tertiary/aromatic N) is 2. The molecule has 0 aliphatic carbocycles. The lowest BCUT2D eigenvalue weighted by Crippen LogP contribution is -1.74. The number of benzene rings is 1. The number of H-pyrrole nitrogens is 1. The number of nitrogens with one attached hydrogen (secondary N) is 1. The lowest BCUT2D eigenvalue weighted by molar-refractivity contribution is 0.425. The molecular formula is C11H9N3O2. The van der Waals surface area contributed by atoms with Gasteiger partial charge in [-0.05, 0) is 19.1 Å². The van der Waals surface area contributed by atoms with Gasteiger partial charge in [0.1, 0.15) is 5.75 Å². The highest BCUT2D eigenvalue weighted by atomic mass is 16.5. The number of rotatable bonds is 1. The monoisotopic (exact) mass is 215 g/mol. The fourth-order valence-corrected chi connectivity index (χ4v) is 1.59. The summed E-state index contributed by atoms with van der Waals surface area (Å²) in [4.78, 5) is 7.40. The molecule has 2 N–H and O–H groups in total. The summed E-state index contributed by atoms with van der Waals surface area (Å²) in [5, 5.41) is 13.1. The molecule has 2 aromatic heterocycles.